The molecule has 0 aliphatic heterocycles. The molecule has 0 saturated heterocycles. The van der Waals surface area contributed by atoms with Crippen LogP contribution in [-0.2, 0) is 0 Å². The van der Waals surface area contributed by atoms with Crippen molar-refractivity contribution in [3.05, 3.63) is 175 Å². The van der Waals surface area contributed by atoms with Crippen LogP contribution in [0, 0.1) is 12.8 Å². The van der Waals surface area contributed by atoms with Gasteiger partial charge in [0.05, 0.1) is 5.69 Å². The van der Waals surface area contributed by atoms with Crippen LogP contribution in [0.1, 0.15) is 18.9 Å². The average Bonchev–Trinajstić information content (AvgIpc) is 3.75. The lowest BCUT2D eigenvalue weighted by Crippen LogP contribution is -2.17. The molecular formula is C48H36N2S2. The van der Waals surface area contributed by atoms with Crippen LogP contribution >= 0.6 is 22.7 Å². The third kappa shape index (κ3) is 5.13. The first-order valence-corrected chi connectivity index (χ1v) is 19.6. The number of benzene rings is 7. The summed E-state index contributed by atoms with van der Waals surface area (Å²) in [5.41, 5.74) is 8.37. The topological polar surface area (TPSA) is 6.48 Å². The summed E-state index contributed by atoms with van der Waals surface area (Å²) in [5.74, 6) is 0.557. The van der Waals surface area contributed by atoms with Gasteiger partial charge in [0, 0.05) is 79.6 Å². The Hall–Kier alpha value is -5.68. The number of aryl methyl sites for hydroxylation is 1. The van der Waals surface area contributed by atoms with E-state index in [9.17, 15) is 0 Å². The van der Waals surface area contributed by atoms with Gasteiger partial charge in [-0.1, -0.05) is 97.9 Å². The van der Waals surface area contributed by atoms with Gasteiger partial charge in [0.25, 0.3) is 0 Å². The predicted molar refractivity (Wildman–Crippen MR) is 229 cm³/mol. The zero-order valence-electron chi connectivity index (χ0n) is 29.1. The number of nitrogens with zero attached hydrogens (tertiary/aromatic N) is 2. The zero-order chi connectivity index (χ0) is 34.8. The number of para-hydroxylation sites is 2. The van der Waals surface area contributed by atoms with Crippen LogP contribution in [0.3, 0.4) is 0 Å². The number of hydrogen-bond acceptors (Lipinski definition) is 4. The number of allylic oxidation sites excluding steroid dienone is 3. The summed E-state index contributed by atoms with van der Waals surface area (Å²) < 4.78 is 5.27. The predicted octanol–water partition coefficient (Wildman–Crippen LogP) is 15.0. The van der Waals surface area contributed by atoms with E-state index in [4.69, 9.17) is 0 Å². The Morgan fingerprint density at radius 3 is 1.94 bits per heavy atom. The van der Waals surface area contributed by atoms with Crippen molar-refractivity contribution < 1.29 is 0 Å². The van der Waals surface area contributed by atoms with Gasteiger partial charge in [0.1, 0.15) is 0 Å². The van der Waals surface area contributed by atoms with Gasteiger partial charge in [0.15, 0.2) is 0 Å². The van der Waals surface area contributed by atoms with Gasteiger partial charge >= 0.3 is 0 Å². The minimum atomic E-state index is 0.557. The second-order valence-corrected chi connectivity index (χ2v) is 16.0. The van der Waals surface area contributed by atoms with E-state index in [1.807, 2.05) is 22.7 Å². The van der Waals surface area contributed by atoms with E-state index in [0.29, 0.717) is 5.92 Å². The van der Waals surface area contributed by atoms with Gasteiger partial charge in [-0.25, -0.2) is 0 Å². The Morgan fingerprint density at radius 2 is 1.19 bits per heavy atom. The quantitative estimate of drug-likeness (QED) is 0.170. The Balaban J connectivity index is 1.17. The lowest BCUT2D eigenvalue weighted by molar-refractivity contribution is 0.728. The van der Waals surface area contributed by atoms with E-state index in [-0.39, 0.29) is 0 Å². The maximum absolute atomic E-state index is 2.47. The molecule has 0 radical (unpaired) electrons. The van der Waals surface area contributed by atoms with E-state index in [1.165, 1.54) is 85.1 Å². The van der Waals surface area contributed by atoms with Gasteiger partial charge in [0.2, 0.25) is 0 Å². The molecule has 250 valence electrons. The number of rotatable bonds is 6. The van der Waals surface area contributed by atoms with Gasteiger partial charge in [-0.2, -0.15) is 0 Å². The molecule has 0 fully saturated rings. The normalized spacial score (nSPS) is 14.5. The van der Waals surface area contributed by atoms with Crippen LogP contribution in [0.4, 0.5) is 28.4 Å². The van der Waals surface area contributed by atoms with Crippen molar-refractivity contribution >= 4 is 102 Å². The summed E-state index contributed by atoms with van der Waals surface area (Å²) in [4.78, 5) is 4.87. The van der Waals surface area contributed by atoms with Gasteiger partial charge in [-0.3, -0.25) is 0 Å². The summed E-state index contributed by atoms with van der Waals surface area (Å²) in [6.45, 7) is 4.56. The Kier molecular flexibility index (Phi) is 7.49. The Morgan fingerprint density at radius 1 is 0.519 bits per heavy atom. The molecule has 52 heavy (non-hydrogen) atoms. The molecule has 1 aliphatic rings. The fourth-order valence-electron chi connectivity index (χ4n) is 7.97. The first kappa shape index (κ1) is 31.1. The summed E-state index contributed by atoms with van der Waals surface area (Å²) in [6.07, 6.45) is 8.04. The molecule has 7 aromatic carbocycles. The van der Waals surface area contributed by atoms with Crippen molar-refractivity contribution in [2.45, 2.75) is 20.3 Å². The second-order valence-electron chi connectivity index (χ2n) is 13.9. The second kappa shape index (κ2) is 12.5. The highest BCUT2D eigenvalue weighted by Gasteiger charge is 2.22. The fraction of sp³-hybridized carbons (Fsp3) is 0.0833. The molecule has 1 unspecified atom stereocenters. The van der Waals surface area contributed by atoms with Crippen LogP contribution in [0.5, 0.6) is 0 Å². The van der Waals surface area contributed by atoms with Crippen molar-refractivity contribution in [3.63, 3.8) is 0 Å². The molecule has 10 rings (SSSR count). The molecule has 9 aromatic rings. The summed E-state index contributed by atoms with van der Waals surface area (Å²) in [5, 5.41) is 7.81. The first-order valence-electron chi connectivity index (χ1n) is 18.0. The van der Waals surface area contributed by atoms with Crippen molar-refractivity contribution in [3.8, 4) is 0 Å². The largest absolute Gasteiger partial charge is 0.311 e. The monoisotopic (exact) mass is 704 g/mol. The van der Waals surface area contributed by atoms with Crippen LogP contribution in [-0.4, -0.2) is 0 Å². The van der Waals surface area contributed by atoms with E-state index >= 15 is 0 Å². The smallest absolute Gasteiger partial charge is 0.0547 e. The molecule has 0 N–H and O–H groups in total. The van der Waals surface area contributed by atoms with Gasteiger partial charge < -0.3 is 9.80 Å². The lowest BCUT2D eigenvalue weighted by Gasteiger charge is -2.28. The minimum Gasteiger partial charge on any atom is -0.311 e. The Labute approximate surface area is 311 Å². The van der Waals surface area contributed by atoms with Crippen molar-refractivity contribution in [2.24, 2.45) is 5.92 Å². The van der Waals surface area contributed by atoms with Crippen LogP contribution in [0.2, 0.25) is 0 Å². The molecule has 0 amide bonds. The third-order valence-electron chi connectivity index (χ3n) is 10.4. The highest BCUT2D eigenvalue weighted by Crippen LogP contribution is 2.48. The fourth-order valence-corrected chi connectivity index (χ4v) is 10.4. The number of fused-ring (bicyclic) bond motifs is 8. The molecule has 4 heteroatoms. The molecule has 2 nitrogen and oxygen atoms in total. The molecule has 1 aliphatic carbocycles. The first-order chi connectivity index (χ1) is 25.6. The van der Waals surface area contributed by atoms with Crippen molar-refractivity contribution in [1.29, 1.82) is 0 Å². The van der Waals surface area contributed by atoms with Crippen LogP contribution in [0.15, 0.2) is 170 Å². The molecular weight excluding hydrogens is 669 g/mol. The molecule has 0 spiro atoms. The highest BCUT2D eigenvalue weighted by molar-refractivity contribution is 7.27. The van der Waals surface area contributed by atoms with E-state index in [1.54, 1.807) is 0 Å². The maximum atomic E-state index is 2.47. The highest BCUT2D eigenvalue weighted by atomic mass is 32.1. The zero-order valence-corrected chi connectivity index (χ0v) is 30.7. The van der Waals surface area contributed by atoms with Gasteiger partial charge in [-0.15, -0.1) is 22.7 Å². The number of anilines is 5. The summed E-state index contributed by atoms with van der Waals surface area (Å²) in [6, 6.07) is 53.6. The lowest BCUT2D eigenvalue weighted by atomic mass is 10.00. The number of thiophene rings is 2. The van der Waals surface area contributed by atoms with Gasteiger partial charge in [-0.05, 0) is 97.6 Å². The maximum Gasteiger partial charge on any atom is 0.0547 e. The standard InChI is InChI=1S/C48H36N2S2/c1-31-21-23-35(24-22-31)49(33-13-5-3-6-14-33)36-25-26-45-42(28-36)47-32(2)27-37(29-46(47)51-45)50(34-15-7-4-8-16-34)43-30-41-39-18-11-12-20-44(39)52-48(41)40-19-10-9-17-38(40)43/h3-21,23-31H,22H2,1-2H3. The summed E-state index contributed by atoms with van der Waals surface area (Å²) >= 11 is 3.78. The molecule has 2 aromatic heterocycles. The molecule has 0 bridgehead atoms. The van der Waals surface area contributed by atoms with E-state index < -0.39 is 0 Å². The molecule has 2 heterocycles. The number of hydrogen-bond donors (Lipinski definition) is 0. The average molecular weight is 705 g/mol. The van der Waals surface area contributed by atoms with E-state index in [0.717, 1.165) is 12.1 Å². The molecule has 0 saturated carbocycles. The molecule has 1 atom stereocenters. The van der Waals surface area contributed by atoms with Crippen molar-refractivity contribution in [2.75, 3.05) is 9.80 Å². The van der Waals surface area contributed by atoms with Crippen LogP contribution < -0.4 is 9.80 Å². The minimum absolute atomic E-state index is 0.557. The summed E-state index contributed by atoms with van der Waals surface area (Å²) in [7, 11) is 0. The SMILES string of the molecule is Cc1cc(N(c2ccccc2)c2cc3c4ccccc4sc3c3ccccc23)cc2sc3ccc(N(C4=CCC(C)C=C4)c4ccccc4)cc3c12. The Bertz CT molecular complexity index is 2860. The van der Waals surface area contributed by atoms with E-state index in [2.05, 4.69) is 187 Å². The van der Waals surface area contributed by atoms with Crippen molar-refractivity contribution in [1.82, 2.24) is 0 Å². The van der Waals surface area contributed by atoms with Crippen LogP contribution in [0.25, 0.3) is 51.1 Å². The third-order valence-corrected chi connectivity index (χ3v) is 12.8.